The molecule has 0 bridgehead atoms. The normalized spacial score (nSPS) is 10.5. The summed E-state index contributed by atoms with van der Waals surface area (Å²) < 4.78 is 1.54. The van der Waals surface area contributed by atoms with E-state index in [1.165, 1.54) is 5.56 Å². The fourth-order valence-corrected chi connectivity index (χ4v) is 2.12. The van der Waals surface area contributed by atoms with Crippen LogP contribution in [-0.2, 0) is 7.05 Å². The van der Waals surface area contributed by atoms with Gasteiger partial charge >= 0.3 is 0 Å². The van der Waals surface area contributed by atoms with E-state index >= 15 is 0 Å². The quantitative estimate of drug-likeness (QED) is 0.894. The Morgan fingerprint density at radius 2 is 2.05 bits per heavy atom. The van der Waals surface area contributed by atoms with Crippen molar-refractivity contribution >= 4 is 17.3 Å². The highest BCUT2D eigenvalue weighted by molar-refractivity contribution is 6.07. The highest BCUT2D eigenvalue weighted by Gasteiger charge is 2.20. The van der Waals surface area contributed by atoms with Crippen molar-refractivity contribution in [3.8, 4) is 0 Å². The van der Waals surface area contributed by atoms with Crippen molar-refractivity contribution in [1.82, 2.24) is 9.78 Å². The zero-order valence-electron chi connectivity index (χ0n) is 11.6. The predicted octanol–water partition coefficient (Wildman–Crippen LogP) is 1.90. The second kappa shape index (κ2) is 4.76. The van der Waals surface area contributed by atoms with Crippen LogP contribution in [0.5, 0.6) is 0 Å². The number of nitrogen functional groups attached to an aromatic ring is 1. The van der Waals surface area contributed by atoms with Gasteiger partial charge < -0.3 is 10.6 Å². The van der Waals surface area contributed by atoms with Gasteiger partial charge in [0.15, 0.2) is 5.69 Å². The molecule has 19 heavy (non-hydrogen) atoms. The fourth-order valence-electron chi connectivity index (χ4n) is 2.12. The molecule has 5 nitrogen and oxygen atoms in total. The molecule has 100 valence electrons. The molecule has 1 aromatic carbocycles. The lowest BCUT2D eigenvalue weighted by molar-refractivity contribution is 0.0988. The number of carbonyl (C=O) groups excluding carboxylic acids is 1. The van der Waals surface area contributed by atoms with Gasteiger partial charge in [0.1, 0.15) is 0 Å². The molecule has 0 radical (unpaired) electrons. The van der Waals surface area contributed by atoms with E-state index in [1.54, 1.807) is 29.9 Å². The Morgan fingerprint density at radius 3 is 2.58 bits per heavy atom. The first-order valence-electron chi connectivity index (χ1n) is 6.04. The summed E-state index contributed by atoms with van der Waals surface area (Å²) in [7, 11) is 3.47. The molecule has 2 aromatic rings. The molecular weight excluding hydrogens is 240 g/mol. The van der Waals surface area contributed by atoms with E-state index in [2.05, 4.69) is 5.10 Å². The van der Waals surface area contributed by atoms with Gasteiger partial charge in [0.2, 0.25) is 0 Å². The average molecular weight is 258 g/mol. The van der Waals surface area contributed by atoms with Gasteiger partial charge in [0, 0.05) is 26.0 Å². The van der Waals surface area contributed by atoms with Crippen molar-refractivity contribution in [2.24, 2.45) is 7.05 Å². The zero-order valence-corrected chi connectivity index (χ0v) is 11.6. The molecule has 2 N–H and O–H groups in total. The van der Waals surface area contributed by atoms with Crippen LogP contribution in [-0.4, -0.2) is 22.7 Å². The molecule has 0 unspecified atom stereocenters. The van der Waals surface area contributed by atoms with Gasteiger partial charge in [-0.3, -0.25) is 9.48 Å². The predicted molar refractivity (Wildman–Crippen MR) is 76.3 cm³/mol. The molecule has 0 saturated heterocycles. The monoisotopic (exact) mass is 258 g/mol. The molecule has 2 rings (SSSR count). The Morgan fingerprint density at radius 1 is 1.37 bits per heavy atom. The summed E-state index contributed by atoms with van der Waals surface area (Å²) in [4.78, 5) is 14.0. The minimum atomic E-state index is -0.204. The number of nitrogens with two attached hydrogens (primary N) is 1. The molecule has 1 amide bonds. The number of benzene rings is 1. The summed E-state index contributed by atoms with van der Waals surface area (Å²) in [5.41, 5.74) is 9.54. The van der Waals surface area contributed by atoms with Gasteiger partial charge in [-0.15, -0.1) is 0 Å². The summed E-state index contributed by atoms with van der Waals surface area (Å²) in [5.74, 6) is -0.204. The molecule has 5 heteroatoms. The van der Waals surface area contributed by atoms with Crippen LogP contribution in [0.4, 0.5) is 11.4 Å². The summed E-state index contributed by atoms with van der Waals surface area (Å²) in [6, 6.07) is 5.95. The second-order valence-corrected chi connectivity index (χ2v) is 4.76. The number of anilines is 2. The number of hydrogen-bond donors (Lipinski definition) is 1. The van der Waals surface area contributed by atoms with E-state index in [0.29, 0.717) is 5.69 Å². The van der Waals surface area contributed by atoms with Crippen LogP contribution in [0.3, 0.4) is 0 Å². The average Bonchev–Trinajstić information content (AvgIpc) is 2.67. The Hall–Kier alpha value is -2.30. The number of aryl methyl sites for hydroxylation is 3. The number of hydrogen-bond acceptors (Lipinski definition) is 3. The van der Waals surface area contributed by atoms with Gasteiger partial charge in [-0.05, 0) is 25.5 Å². The van der Waals surface area contributed by atoms with Gasteiger partial charge in [-0.25, -0.2) is 0 Å². The van der Waals surface area contributed by atoms with Gasteiger partial charge in [-0.2, -0.15) is 5.10 Å². The zero-order chi connectivity index (χ0) is 14.2. The van der Waals surface area contributed by atoms with Crippen molar-refractivity contribution in [1.29, 1.82) is 0 Å². The van der Waals surface area contributed by atoms with E-state index in [0.717, 1.165) is 11.3 Å². The minimum Gasteiger partial charge on any atom is -0.396 e. The third-order valence-electron chi connectivity index (χ3n) is 3.08. The SMILES string of the molecule is Cc1ccc(N(C)C(=O)c2nn(C)cc2N)c(C)c1. The third-order valence-corrected chi connectivity index (χ3v) is 3.08. The lowest BCUT2D eigenvalue weighted by Gasteiger charge is -2.19. The highest BCUT2D eigenvalue weighted by Crippen LogP contribution is 2.22. The summed E-state index contributed by atoms with van der Waals surface area (Å²) in [6.45, 7) is 4.00. The van der Waals surface area contributed by atoms with Gasteiger partial charge in [-0.1, -0.05) is 17.7 Å². The standard InChI is InChI=1S/C14H18N4O/c1-9-5-6-12(10(2)7-9)18(4)14(19)13-11(15)8-17(3)16-13/h5-8H,15H2,1-4H3. The van der Waals surface area contributed by atoms with E-state index in [1.807, 2.05) is 32.0 Å². The first-order chi connectivity index (χ1) is 8.90. The Kier molecular flexibility index (Phi) is 3.29. The second-order valence-electron chi connectivity index (χ2n) is 4.76. The first-order valence-corrected chi connectivity index (χ1v) is 6.04. The van der Waals surface area contributed by atoms with E-state index in [9.17, 15) is 4.79 Å². The molecule has 0 spiro atoms. The van der Waals surface area contributed by atoms with Gasteiger partial charge in [0.25, 0.3) is 5.91 Å². The molecular formula is C14H18N4O. The summed E-state index contributed by atoms with van der Waals surface area (Å²) in [6.07, 6.45) is 1.63. The Bertz CT molecular complexity index is 630. The van der Waals surface area contributed by atoms with E-state index in [4.69, 9.17) is 5.73 Å². The maximum Gasteiger partial charge on any atom is 0.280 e. The minimum absolute atomic E-state index is 0.204. The summed E-state index contributed by atoms with van der Waals surface area (Å²) in [5, 5.41) is 4.10. The maximum atomic E-state index is 12.4. The van der Waals surface area contributed by atoms with Crippen LogP contribution in [0.1, 0.15) is 21.6 Å². The number of aromatic nitrogens is 2. The molecule has 1 heterocycles. The van der Waals surface area contributed by atoms with Crippen molar-refractivity contribution in [3.63, 3.8) is 0 Å². The molecule has 0 aliphatic rings. The maximum absolute atomic E-state index is 12.4. The van der Waals surface area contributed by atoms with Gasteiger partial charge in [0.05, 0.1) is 5.69 Å². The Labute approximate surface area is 112 Å². The number of amides is 1. The number of nitrogens with zero attached hydrogens (tertiary/aromatic N) is 3. The number of rotatable bonds is 2. The molecule has 0 aliphatic heterocycles. The van der Waals surface area contributed by atoms with Crippen LogP contribution < -0.4 is 10.6 Å². The molecule has 0 fully saturated rings. The van der Waals surface area contributed by atoms with E-state index in [-0.39, 0.29) is 11.6 Å². The van der Waals surface area contributed by atoms with Crippen molar-refractivity contribution < 1.29 is 4.79 Å². The van der Waals surface area contributed by atoms with Crippen molar-refractivity contribution in [3.05, 3.63) is 41.2 Å². The largest absolute Gasteiger partial charge is 0.396 e. The lowest BCUT2D eigenvalue weighted by Crippen LogP contribution is -2.28. The fraction of sp³-hybridized carbons (Fsp3) is 0.286. The molecule has 0 atom stereocenters. The summed E-state index contributed by atoms with van der Waals surface area (Å²) >= 11 is 0. The first kappa shape index (κ1) is 13.1. The highest BCUT2D eigenvalue weighted by atomic mass is 16.2. The van der Waals surface area contributed by atoms with Crippen LogP contribution in [0.2, 0.25) is 0 Å². The topological polar surface area (TPSA) is 64.2 Å². The van der Waals surface area contributed by atoms with Crippen LogP contribution in [0.25, 0.3) is 0 Å². The smallest absolute Gasteiger partial charge is 0.280 e. The molecule has 1 aromatic heterocycles. The Balaban J connectivity index is 2.36. The van der Waals surface area contributed by atoms with Crippen LogP contribution >= 0.6 is 0 Å². The molecule has 0 aliphatic carbocycles. The van der Waals surface area contributed by atoms with Crippen molar-refractivity contribution in [2.45, 2.75) is 13.8 Å². The molecule has 0 saturated carbocycles. The van der Waals surface area contributed by atoms with Crippen LogP contribution in [0.15, 0.2) is 24.4 Å². The number of carbonyl (C=O) groups is 1. The lowest BCUT2D eigenvalue weighted by atomic mass is 10.1. The third kappa shape index (κ3) is 2.45. The van der Waals surface area contributed by atoms with Crippen LogP contribution in [0, 0.1) is 13.8 Å². The van der Waals surface area contributed by atoms with E-state index < -0.39 is 0 Å². The van der Waals surface area contributed by atoms with Crippen molar-refractivity contribution in [2.75, 3.05) is 17.7 Å².